The maximum absolute atomic E-state index is 13.2. The molecule has 10 heteroatoms. The van der Waals surface area contributed by atoms with Crippen molar-refractivity contribution in [3.8, 4) is 34.2 Å². The molecule has 7 nitrogen and oxygen atoms in total. The van der Waals surface area contributed by atoms with Crippen molar-refractivity contribution >= 4 is 45.9 Å². The van der Waals surface area contributed by atoms with Crippen LogP contribution in [0.1, 0.15) is 25.8 Å². The molecular weight excluding hydrogens is 523 g/mol. The van der Waals surface area contributed by atoms with Crippen LogP contribution in [0.3, 0.4) is 0 Å². The second kappa shape index (κ2) is 12.7. The Morgan fingerprint density at radius 2 is 1.86 bits per heavy atom. The molecular formula is C27H25N5O2S3. The van der Waals surface area contributed by atoms with Gasteiger partial charge in [0.1, 0.15) is 16.8 Å². The molecule has 1 amide bonds. The standard InChI is InChI=1S/C27H25N5O2S3/c1-4-23(24(33)30-26-31-32-27(37-26)35-5-2)36-25-21(16-28)20(17-11-13-19(34-3)14-12-17)15-22(29-25)18-9-7-6-8-10-18/h6-15,23H,4-5H2,1-3H3,(H,30,31,33). The van der Waals surface area contributed by atoms with E-state index in [2.05, 4.69) is 21.6 Å². The molecule has 0 saturated carbocycles. The van der Waals surface area contributed by atoms with Crippen molar-refractivity contribution in [2.24, 2.45) is 0 Å². The highest BCUT2D eigenvalue weighted by Crippen LogP contribution is 2.37. The molecule has 0 saturated heterocycles. The van der Waals surface area contributed by atoms with Crippen LogP contribution < -0.4 is 10.1 Å². The molecule has 0 aliphatic heterocycles. The van der Waals surface area contributed by atoms with E-state index in [9.17, 15) is 10.1 Å². The van der Waals surface area contributed by atoms with Gasteiger partial charge in [-0.15, -0.1) is 10.2 Å². The summed E-state index contributed by atoms with van der Waals surface area (Å²) in [6, 6.07) is 21.6. The van der Waals surface area contributed by atoms with Gasteiger partial charge in [0.2, 0.25) is 11.0 Å². The lowest BCUT2D eigenvalue weighted by molar-refractivity contribution is -0.115. The van der Waals surface area contributed by atoms with Gasteiger partial charge >= 0.3 is 0 Å². The van der Waals surface area contributed by atoms with Crippen LogP contribution in [0.15, 0.2) is 70.0 Å². The smallest absolute Gasteiger partial charge is 0.239 e. The second-order valence-electron chi connectivity index (χ2n) is 7.75. The number of anilines is 1. The Labute approximate surface area is 228 Å². The molecule has 0 radical (unpaired) electrons. The molecule has 2 heterocycles. The summed E-state index contributed by atoms with van der Waals surface area (Å²) in [4.78, 5) is 18.0. The number of hydrogen-bond donors (Lipinski definition) is 1. The highest BCUT2D eigenvalue weighted by atomic mass is 32.2. The number of amides is 1. The lowest BCUT2D eigenvalue weighted by Gasteiger charge is -2.17. The number of pyridine rings is 1. The van der Waals surface area contributed by atoms with Gasteiger partial charge < -0.3 is 4.74 Å². The van der Waals surface area contributed by atoms with Crippen LogP contribution in [0, 0.1) is 11.3 Å². The number of nitrogens with zero attached hydrogens (tertiary/aromatic N) is 4. The number of benzene rings is 2. The van der Waals surface area contributed by atoms with Crippen LogP contribution >= 0.6 is 34.9 Å². The number of nitrogens with one attached hydrogen (secondary N) is 1. The van der Waals surface area contributed by atoms with Gasteiger partial charge in [0.05, 0.1) is 23.6 Å². The first-order valence-corrected chi connectivity index (χ1v) is 14.3. The van der Waals surface area contributed by atoms with Crippen molar-refractivity contribution in [1.29, 1.82) is 5.26 Å². The predicted molar refractivity (Wildman–Crippen MR) is 151 cm³/mol. The zero-order chi connectivity index (χ0) is 26.2. The Morgan fingerprint density at radius 1 is 1.11 bits per heavy atom. The van der Waals surface area contributed by atoms with E-state index in [-0.39, 0.29) is 5.91 Å². The number of thioether (sulfide) groups is 2. The van der Waals surface area contributed by atoms with Crippen molar-refractivity contribution < 1.29 is 9.53 Å². The topological polar surface area (TPSA) is 101 Å². The van der Waals surface area contributed by atoms with E-state index < -0.39 is 5.25 Å². The summed E-state index contributed by atoms with van der Waals surface area (Å²) in [5.74, 6) is 1.42. The average molecular weight is 548 g/mol. The lowest BCUT2D eigenvalue weighted by atomic mass is 9.99. The summed E-state index contributed by atoms with van der Waals surface area (Å²) in [5, 5.41) is 21.8. The van der Waals surface area contributed by atoms with Crippen LogP contribution in [0.5, 0.6) is 5.75 Å². The van der Waals surface area contributed by atoms with Gasteiger partial charge in [-0.25, -0.2) is 4.98 Å². The molecule has 0 spiro atoms. The van der Waals surface area contributed by atoms with Gasteiger partial charge in [0, 0.05) is 11.1 Å². The maximum atomic E-state index is 13.2. The van der Waals surface area contributed by atoms with Gasteiger partial charge in [0.25, 0.3) is 0 Å². The number of rotatable bonds is 10. The predicted octanol–water partition coefficient (Wildman–Crippen LogP) is 6.77. The molecule has 0 bridgehead atoms. The van der Waals surface area contributed by atoms with Crippen LogP contribution in [0.25, 0.3) is 22.4 Å². The van der Waals surface area contributed by atoms with E-state index in [0.717, 1.165) is 38.2 Å². The molecule has 2 aromatic heterocycles. The summed E-state index contributed by atoms with van der Waals surface area (Å²) in [5.41, 5.74) is 3.70. The first kappa shape index (κ1) is 26.7. The van der Waals surface area contributed by atoms with Gasteiger partial charge in [-0.2, -0.15) is 5.26 Å². The molecule has 37 heavy (non-hydrogen) atoms. The highest BCUT2D eigenvalue weighted by molar-refractivity contribution is 8.01. The van der Waals surface area contributed by atoms with E-state index >= 15 is 0 Å². The summed E-state index contributed by atoms with van der Waals surface area (Å²) in [6.07, 6.45) is 0.547. The fourth-order valence-electron chi connectivity index (χ4n) is 3.56. The van der Waals surface area contributed by atoms with Crippen LogP contribution in [-0.2, 0) is 4.79 Å². The SMILES string of the molecule is CCSc1nnc(NC(=O)C(CC)Sc2nc(-c3ccccc3)cc(-c3ccc(OC)cc3)c2C#N)s1. The van der Waals surface area contributed by atoms with Crippen LogP contribution in [0.2, 0.25) is 0 Å². The monoisotopic (exact) mass is 547 g/mol. The first-order chi connectivity index (χ1) is 18.1. The molecule has 0 aliphatic carbocycles. The van der Waals surface area contributed by atoms with E-state index in [0.29, 0.717) is 22.1 Å². The largest absolute Gasteiger partial charge is 0.497 e. The van der Waals surface area contributed by atoms with Crippen molar-refractivity contribution in [1.82, 2.24) is 15.2 Å². The fraction of sp³-hybridized carbons (Fsp3) is 0.222. The average Bonchev–Trinajstić information content (AvgIpc) is 3.38. The minimum absolute atomic E-state index is 0.196. The molecule has 0 fully saturated rings. The van der Waals surface area contributed by atoms with Crippen LogP contribution in [-0.4, -0.2) is 39.2 Å². The third-order valence-electron chi connectivity index (χ3n) is 5.39. The normalized spacial score (nSPS) is 11.5. The summed E-state index contributed by atoms with van der Waals surface area (Å²) < 4.78 is 6.11. The second-order valence-corrected chi connectivity index (χ2v) is 11.4. The zero-order valence-corrected chi connectivity index (χ0v) is 23.0. The third kappa shape index (κ3) is 6.49. The first-order valence-electron chi connectivity index (χ1n) is 11.6. The highest BCUT2D eigenvalue weighted by Gasteiger charge is 2.24. The van der Waals surface area contributed by atoms with E-state index in [4.69, 9.17) is 9.72 Å². The Morgan fingerprint density at radius 3 is 2.51 bits per heavy atom. The number of nitriles is 1. The molecule has 4 rings (SSSR count). The van der Waals surface area contributed by atoms with Gasteiger partial charge in [-0.1, -0.05) is 91.2 Å². The Bertz CT molecular complexity index is 1400. The number of hydrogen-bond acceptors (Lipinski definition) is 9. The number of methoxy groups -OCH3 is 1. The van der Waals surface area contributed by atoms with E-state index in [1.165, 1.54) is 23.1 Å². The molecule has 1 unspecified atom stereocenters. The molecule has 1 N–H and O–H groups in total. The zero-order valence-electron chi connectivity index (χ0n) is 20.6. The molecule has 188 valence electrons. The van der Waals surface area contributed by atoms with Gasteiger partial charge in [-0.3, -0.25) is 10.1 Å². The van der Waals surface area contributed by atoms with Gasteiger partial charge in [-0.05, 0) is 35.9 Å². The van der Waals surface area contributed by atoms with Gasteiger partial charge in [0.15, 0.2) is 4.34 Å². The van der Waals surface area contributed by atoms with E-state index in [1.807, 2.05) is 74.5 Å². The molecule has 4 aromatic rings. The lowest BCUT2D eigenvalue weighted by Crippen LogP contribution is -2.24. The minimum atomic E-state index is -0.472. The number of ether oxygens (including phenoxy) is 1. The van der Waals surface area contributed by atoms with Crippen molar-refractivity contribution in [3.63, 3.8) is 0 Å². The number of carbonyl (C=O) groups excluding carboxylic acids is 1. The van der Waals surface area contributed by atoms with Crippen molar-refractivity contribution in [2.45, 2.75) is 34.9 Å². The summed E-state index contributed by atoms with van der Waals surface area (Å²) in [6.45, 7) is 3.98. The summed E-state index contributed by atoms with van der Waals surface area (Å²) in [7, 11) is 1.62. The third-order valence-corrected chi connectivity index (χ3v) is 8.59. The Balaban J connectivity index is 1.71. The van der Waals surface area contributed by atoms with Crippen molar-refractivity contribution in [2.75, 3.05) is 18.2 Å². The number of aromatic nitrogens is 3. The maximum Gasteiger partial charge on any atom is 0.239 e. The van der Waals surface area contributed by atoms with E-state index in [1.54, 1.807) is 18.9 Å². The summed E-state index contributed by atoms with van der Waals surface area (Å²) >= 11 is 4.22. The van der Waals surface area contributed by atoms with Crippen molar-refractivity contribution in [3.05, 3.63) is 66.2 Å². The molecule has 1 atom stereocenters. The fourth-order valence-corrected chi connectivity index (χ4v) is 6.23. The Hall–Kier alpha value is -3.39. The molecule has 0 aliphatic rings. The quantitative estimate of drug-likeness (QED) is 0.171. The Kier molecular flexibility index (Phi) is 9.17. The minimum Gasteiger partial charge on any atom is -0.497 e. The van der Waals surface area contributed by atoms with Crippen LogP contribution in [0.4, 0.5) is 5.13 Å². The molecule has 2 aromatic carbocycles. The number of carbonyl (C=O) groups is 1.